The number of carbonyl (C=O) groups is 1. The van der Waals surface area contributed by atoms with Gasteiger partial charge in [0.2, 0.25) is 5.91 Å². The van der Waals surface area contributed by atoms with Gasteiger partial charge in [-0.15, -0.1) is 0 Å². The Balaban J connectivity index is 1.67. The number of likely N-dealkylation sites (tertiary alicyclic amines) is 1. The Morgan fingerprint density at radius 3 is 2.38 bits per heavy atom. The van der Waals surface area contributed by atoms with Crippen molar-refractivity contribution >= 4 is 5.91 Å². The minimum atomic E-state index is 0.212. The van der Waals surface area contributed by atoms with Gasteiger partial charge in [0.1, 0.15) is 0 Å². The molecule has 1 saturated heterocycles. The third kappa shape index (κ3) is 5.95. The molecule has 2 rings (SSSR count). The van der Waals surface area contributed by atoms with E-state index in [1.807, 2.05) is 0 Å². The maximum absolute atomic E-state index is 12.2. The Hall–Kier alpha value is -0.610. The van der Waals surface area contributed by atoms with Gasteiger partial charge in [0, 0.05) is 18.6 Å². The van der Waals surface area contributed by atoms with Crippen molar-refractivity contribution in [2.75, 3.05) is 33.7 Å². The van der Waals surface area contributed by atoms with Crippen molar-refractivity contribution in [2.45, 2.75) is 69.9 Å². The summed E-state index contributed by atoms with van der Waals surface area (Å²) in [5, 5.41) is 3.26. The van der Waals surface area contributed by atoms with Crippen molar-refractivity contribution in [1.82, 2.24) is 15.1 Å². The molecule has 122 valence electrons. The van der Waals surface area contributed by atoms with E-state index in [4.69, 9.17) is 0 Å². The highest BCUT2D eigenvalue weighted by Crippen LogP contribution is 2.17. The van der Waals surface area contributed by atoms with E-state index in [1.54, 1.807) is 0 Å². The average molecular weight is 295 g/mol. The first-order valence-corrected chi connectivity index (χ1v) is 8.83. The minimum Gasteiger partial charge on any atom is -0.352 e. The minimum absolute atomic E-state index is 0.212. The van der Waals surface area contributed by atoms with Crippen LogP contribution in [-0.4, -0.2) is 61.5 Å². The van der Waals surface area contributed by atoms with Gasteiger partial charge < -0.3 is 10.2 Å². The predicted octanol–water partition coefficient (Wildman–Crippen LogP) is 2.24. The second-order valence-corrected chi connectivity index (χ2v) is 7.08. The highest BCUT2D eigenvalue weighted by Gasteiger charge is 2.23. The van der Waals surface area contributed by atoms with E-state index in [2.05, 4.69) is 29.2 Å². The highest BCUT2D eigenvalue weighted by molar-refractivity contribution is 5.78. The molecule has 2 fully saturated rings. The maximum Gasteiger partial charge on any atom is 0.234 e. The summed E-state index contributed by atoms with van der Waals surface area (Å²) in [5.41, 5.74) is 0. The lowest BCUT2D eigenvalue weighted by Crippen LogP contribution is -2.44. The van der Waals surface area contributed by atoms with Crippen LogP contribution >= 0.6 is 0 Å². The fourth-order valence-corrected chi connectivity index (χ4v) is 3.75. The van der Waals surface area contributed by atoms with E-state index in [-0.39, 0.29) is 5.91 Å². The average Bonchev–Trinajstić information content (AvgIpc) is 2.78. The van der Waals surface area contributed by atoms with Gasteiger partial charge in [-0.1, -0.05) is 32.1 Å². The van der Waals surface area contributed by atoms with Crippen LogP contribution in [0.3, 0.4) is 0 Å². The third-order valence-electron chi connectivity index (χ3n) is 5.08. The van der Waals surface area contributed by atoms with Gasteiger partial charge in [0.25, 0.3) is 0 Å². The van der Waals surface area contributed by atoms with Gasteiger partial charge in [-0.25, -0.2) is 0 Å². The standard InChI is InChI=1S/C17H33N3O/c1-19(13-16-11-8-12-20(16)2)14-17(21)18-15-9-6-4-3-5-7-10-15/h15-16H,3-14H2,1-2H3,(H,18,21)/t16-/m0/s1. The molecular formula is C17H33N3O. The summed E-state index contributed by atoms with van der Waals surface area (Å²) in [7, 11) is 4.27. The third-order valence-corrected chi connectivity index (χ3v) is 5.08. The first-order chi connectivity index (χ1) is 10.1. The Kier molecular flexibility index (Phi) is 6.97. The van der Waals surface area contributed by atoms with Crippen molar-refractivity contribution in [3.8, 4) is 0 Å². The van der Waals surface area contributed by atoms with E-state index >= 15 is 0 Å². The Morgan fingerprint density at radius 1 is 1.10 bits per heavy atom. The van der Waals surface area contributed by atoms with E-state index in [1.165, 1.54) is 64.3 Å². The summed E-state index contributed by atoms with van der Waals surface area (Å²) in [6, 6.07) is 1.05. The molecule has 0 aromatic carbocycles. The van der Waals surface area contributed by atoms with Crippen molar-refractivity contribution in [1.29, 1.82) is 0 Å². The lowest BCUT2D eigenvalue weighted by atomic mass is 9.97. The smallest absolute Gasteiger partial charge is 0.234 e. The maximum atomic E-state index is 12.2. The van der Waals surface area contributed by atoms with Gasteiger partial charge in [-0.05, 0) is 46.3 Å². The molecule has 1 aliphatic heterocycles. The van der Waals surface area contributed by atoms with Crippen LogP contribution in [0.25, 0.3) is 0 Å². The van der Waals surface area contributed by atoms with Crippen molar-refractivity contribution < 1.29 is 4.79 Å². The monoisotopic (exact) mass is 295 g/mol. The quantitative estimate of drug-likeness (QED) is 0.845. The molecule has 0 radical (unpaired) electrons. The first kappa shape index (κ1) is 16.8. The SMILES string of the molecule is CN(CC(=O)NC1CCCCCCC1)C[C@@H]1CCCN1C. The number of nitrogens with one attached hydrogen (secondary N) is 1. The number of amides is 1. The molecule has 1 amide bonds. The van der Waals surface area contributed by atoms with Gasteiger partial charge in [-0.3, -0.25) is 9.69 Å². The summed E-state index contributed by atoms with van der Waals surface area (Å²) >= 11 is 0. The molecule has 1 aliphatic carbocycles. The molecule has 1 N–H and O–H groups in total. The molecule has 1 atom stereocenters. The number of rotatable bonds is 5. The number of hydrogen-bond donors (Lipinski definition) is 1. The lowest BCUT2D eigenvalue weighted by Gasteiger charge is -2.26. The lowest BCUT2D eigenvalue weighted by molar-refractivity contribution is -0.122. The Bertz CT molecular complexity index is 313. The van der Waals surface area contributed by atoms with Crippen LogP contribution in [0.1, 0.15) is 57.8 Å². The normalized spacial score (nSPS) is 25.8. The summed E-state index contributed by atoms with van der Waals surface area (Å²) < 4.78 is 0. The van der Waals surface area contributed by atoms with Gasteiger partial charge in [0.05, 0.1) is 6.54 Å². The Labute approximate surface area is 130 Å². The molecule has 0 unspecified atom stereocenters. The molecule has 0 aromatic rings. The van der Waals surface area contributed by atoms with Crippen LogP contribution in [-0.2, 0) is 4.79 Å². The van der Waals surface area contributed by atoms with Crippen molar-refractivity contribution in [3.63, 3.8) is 0 Å². The predicted molar refractivity (Wildman–Crippen MR) is 87.4 cm³/mol. The van der Waals surface area contributed by atoms with Crippen LogP contribution in [0.2, 0.25) is 0 Å². The Morgan fingerprint density at radius 2 is 1.76 bits per heavy atom. The molecule has 1 saturated carbocycles. The highest BCUT2D eigenvalue weighted by atomic mass is 16.2. The topological polar surface area (TPSA) is 35.6 Å². The van der Waals surface area contributed by atoms with E-state index in [0.29, 0.717) is 18.6 Å². The number of carbonyl (C=O) groups excluding carboxylic acids is 1. The molecular weight excluding hydrogens is 262 g/mol. The number of nitrogens with zero attached hydrogens (tertiary/aromatic N) is 2. The van der Waals surface area contributed by atoms with Crippen LogP contribution in [0.5, 0.6) is 0 Å². The zero-order chi connectivity index (χ0) is 15.1. The molecule has 0 spiro atoms. The van der Waals surface area contributed by atoms with Crippen LogP contribution in [0.15, 0.2) is 0 Å². The zero-order valence-electron chi connectivity index (χ0n) is 13.9. The second-order valence-electron chi connectivity index (χ2n) is 7.08. The summed E-state index contributed by atoms with van der Waals surface area (Å²) in [6.45, 7) is 2.75. The number of hydrogen-bond acceptors (Lipinski definition) is 3. The first-order valence-electron chi connectivity index (χ1n) is 8.83. The van der Waals surface area contributed by atoms with Gasteiger partial charge in [0.15, 0.2) is 0 Å². The molecule has 4 nitrogen and oxygen atoms in total. The molecule has 1 heterocycles. The fourth-order valence-electron chi connectivity index (χ4n) is 3.75. The van der Waals surface area contributed by atoms with E-state index < -0.39 is 0 Å². The largest absolute Gasteiger partial charge is 0.352 e. The van der Waals surface area contributed by atoms with Crippen LogP contribution in [0.4, 0.5) is 0 Å². The molecule has 2 aliphatic rings. The van der Waals surface area contributed by atoms with Crippen molar-refractivity contribution in [2.24, 2.45) is 0 Å². The second kappa shape index (κ2) is 8.74. The summed E-state index contributed by atoms with van der Waals surface area (Å²) in [4.78, 5) is 16.8. The summed E-state index contributed by atoms with van der Waals surface area (Å²) in [5.74, 6) is 0.212. The van der Waals surface area contributed by atoms with Crippen LogP contribution in [0, 0.1) is 0 Å². The summed E-state index contributed by atoms with van der Waals surface area (Å²) in [6.07, 6.45) is 11.5. The van der Waals surface area contributed by atoms with Crippen molar-refractivity contribution in [3.05, 3.63) is 0 Å². The van der Waals surface area contributed by atoms with E-state index in [9.17, 15) is 4.79 Å². The molecule has 0 aromatic heterocycles. The molecule has 21 heavy (non-hydrogen) atoms. The van der Waals surface area contributed by atoms with E-state index in [0.717, 1.165) is 6.54 Å². The zero-order valence-corrected chi connectivity index (χ0v) is 13.9. The fraction of sp³-hybridized carbons (Fsp3) is 0.941. The van der Waals surface area contributed by atoms with Gasteiger partial charge in [-0.2, -0.15) is 0 Å². The van der Waals surface area contributed by atoms with Crippen LogP contribution < -0.4 is 5.32 Å². The molecule has 0 bridgehead atoms. The molecule has 4 heteroatoms. The van der Waals surface area contributed by atoms with Gasteiger partial charge >= 0.3 is 0 Å². The number of likely N-dealkylation sites (N-methyl/N-ethyl adjacent to an activating group) is 2.